The maximum atomic E-state index is 13.1. The summed E-state index contributed by atoms with van der Waals surface area (Å²) >= 11 is 6.09. The molecule has 1 aliphatic heterocycles. The number of ether oxygens (including phenoxy) is 1. The summed E-state index contributed by atoms with van der Waals surface area (Å²) in [4.78, 5) is 30.1. The van der Waals surface area contributed by atoms with E-state index in [4.69, 9.17) is 27.1 Å². The summed E-state index contributed by atoms with van der Waals surface area (Å²) in [6, 6.07) is 10.2. The van der Waals surface area contributed by atoms with Gasteiger partial charge in [0.1, 0.15) is 17.6 Å². The minimum atomic E-state index is -0.720. The van der Waals surface area contributed by atoms with E-state index in [1.54, 1.807) is 31.2 Å². The lowest BCUT2D eigenvalue weighted by molar-refractivity contribution is -0.122. The summed E-state index contributed by atoms with van der Waals surface area (Å²) in [5.74, 6) is 0.0745. The Morgan fingerprint density at radius 2 is 2.09 bits per heavy atom. The van der Waals surface area contributed by atoms with E-state index < -0.39 is 6.04 Å². The SMILES string of the molecule is CC(NC(=O)c1cccn2c(NCC3CCCO3)c(-c3ccc(Cl)cc3)nc12)C(=O)NCCN. The molecule has 1 saturated heterocycles. The number of hydrogen-bond acceptors (Lipinski definition) is 6. The van der Waals surface area contributed by atoms with Crippen LogP contribution in [0, 0.1) is 0 Å². The Morgan fingerprint density at radius 3 is 2.79 bits per heavy atom. The first kappa shape index (κ1) is 24.0. The molecule has 1 aliphatic rings. The van der Waals surface area contributed by atoms with E-state index in [1.807, 2.05) is 22.7 Å². The van der Waals surface area contributed by atoms with Crippen molar-refractivity contribution in [2.75, 3.05) is 31.6 Å². The van der Waals surface area contributed by atoms with E-state index in [9.17, 15) is 9.59 Å². The third kappa shape index (κ3) is 5.32. The molecule has 180 valence electrons. The van der Waals surface area contributed by atoms with Crippen molar-refractivity contribution in [3.63, 3.8) is 0 Å². The molecule has 1 aromatic carbocycles. The molecule has 10 heteroatoms. The van der Waals surface area contributed by atoms with Crippen molar-refractivity contribution < 1.29 is 14.3 Å². The second kappa shape index (κ2) is 10.9. The first-order valence-corrected chi connectivity index (χ1v) is 11.8. The molecule has 2 amide bonds. The second-order valence-corrected chi connectivity index (χ2v) is 8.66. The van der Waals surface area contributed by atoms with Crippen LogP contribution in [0.2, 0.25) is 5.02 Å². The van der Waals surface area contributed by atoms with E-state index in [2.05, 4.69) is 16.0 Å². The summed E-state index contributed by atoms with van der Waals surface area (Å²) in [7, 11) is 0. The highest BCUT2D eigenvalue weighted by Gasteiger charge is 2.23. The molecule has 3 aromatic rings. The molecule has 0 aliphatic carbocycles. The number of nitrogens with two attached hydrogens (primary N) is 1. The number of pyridine rings is 1. The Balaban J connectivity index is 1.67. The summed E-state index contributed by atoms with van der Waals surface area (Å²) in [6.45, 7) is 3.70. The van der Waals surface area contributed by atoms with E-state index >= 15 is 0 Å². The standard InChI is InChI=1S/C24H29ClN6O3/c1-15(23(32)27-11-10-26)29-24(33)19-5-2-12-31-21(19)30-20(16-6-8-17(25)9-7-16)22(31)28-14-18-4-3-13-34-18/h2,5-9,12,15,18,28H,3-4,10-11,13-14,26H2,1H3,(H,27,32)(H,29,33). The van der Waals surface area contributed by atoms with Gasteiger partial charge in [-0.25, -0.2) is 4.98 Å². The molecule has 0 radical (unpaired) electrons. The minimum absolute atomic E-state index is 0.128. The molecular formula is C24H29ClN6O3. The lowest BCUT2D eigenvalue weighted by Gasteiger charge is -2.15. The molecule has 0 bridgehead atoms. The van der Waals surface area contributed by atoms with E-state index in [1.165, 1.54) is 0 Å². The Bertz CT molecular complexity index is 1160. The fourth-order valence-corrected chi connectivity index (χ4v) is 4.05. The number of nitrogens with one attached hydrogen (secondary N) is 3. The van der Waals surface area contributed by atoms with E-state index in [-0.39, 0.29) is 17.9 Å². The van der Waals surface area contributed by atoms with Gasteiger partial charge < -0.3 is 26.4 Å². The van der Waals surface area contributed by atoms with Crippen molar-refractivity contribution in [2.45, 2.75) is 31.9 Å². The molecule has 4 rings (SSSR count). The Morgan fingerprint density at radius 1 is 1.29 bits per heavy atom. The predicted molar refractivity (Wildman–Crippen MR) is 132 cm³/mol. The van der Waals surface area contributed by atoms with Gasteiger partial charge in [-0.1, -0.05) is 23.7 Å². The highest BCUT2D eigenvalue weighted by Crippen LogP contribution is 2.31. The average Bonchev–Trinajstić information content (AvgIpc) is 3.49. The second-order valence-electron chi connectivity index (χ2n) is 8.22. The summed E-state index contributed by atoms with van der Waals surface area (Å²) < 4.78 is 7.62. The lowest BCUT2D eigenvalue weighted by atomic mass is 10.1. The van der Waals surface area contributed by atoms with Gasteiger partial charge in [0.25, 0.3) is 5.91 Å². The number of carbonyl (C=O) groups is 2. The Labute approximate surface area is 203 Å². The van der Waals surface area contributed by atoms with Crippen LogP contribution in [-0.4, -0.2) is 59.6 Å². The molecule has 2 unspecified atom stereocenters. The van der Waals surface area contributed by atoms with Crippen LogP contribution in [0.5, 0.6) is 0 Å². The number of halogens is 1. The first-order valence-electron chi connectivity index (χ1n) is 11.4. The number of amides is 2. The van der Waals surface area contributed by atoms with Gasteiger partial charge in [0.05, 0.1) is 11.7 Å². The maximum absolute atomic E-state index is 13.1. The monoisotopic (exact) mass is 484 g/mol. The van der Waals surface area contributed by atoms with Crippen LogP contribution in [0.15, 0.2) is 42.6 Å². The molecule has 2 aromatic heterocycles. The molecule has 3 heterocycles. The number of aromatic nitrogens is 2. The average molecular weight is 485 g/mol. The van der Waals surface area contributed by atoms with Gasteiger partial charge in [-0.3, -0.25) is 14.0 Å². The molecule has 9 nitrogen and oxygen atoms in total. The van der Waals surface area contributed by atoms with Gasteiger partial charge in [0.15, 0.2) is 5.65 Å². The predicted octanol–water partition coefficient (Wildman–Crippen LogP) is 2.44. The van der Waals surface area contributed by atoms with Gasteiger partial charge in [-0.2, -0.15) is 0 Å². The summed E-state index contributed by atoms with van der Waals surface area (Å²) in [5, 5.41) is 9.53. The zero-order chi connectivity index (χ0) is 24.1. The lowest BCUT2D eigenvalue weighted by Crippen LogP contribution is -2.46. The maximum Gasteiger partial charge on any atom is 0.255 e. The normalized spacial score (nSPS) is 16.4. The molecule has 34 heavy (non-hydrogen) atoms. The number of rotatable bonds is 9. The van der Waals surface area contributed by atoms with Gasteiger partial charge in [-0.05, 0) is 44.0 Å². The topological polar surface area (TPSA) is 123 Å². The fourth-order valence-electron chi connectivity index (χ4n) is 3.93. The number of nitrogens with zero attached hydrogens (tertiary/aromatic N) is 2. The number of anilines is 1. The van der Waals surface area contributed by atoms with Crippen LogP contribution in [0.3, 0.4) is 0 Å². The van der Waals surface area contributed by atoms with Crippen LogP contribution in [0.25, 0.3) is 16.9 Å². The van der Waals surface area contributed by atoms with Gasteiger partial charge in [0.2, 0.25) is 5.91 Å². The highest BCUT2D eigenvalue weighted by atomic mass is 35.5. The van der Waals surface area contributed by atoms with Crippen LogP contribution >= 0.6 is 11.6 Å². The third-order valence-corrected chi connectivity index (χ3v) is 5.97. The number of carbonyl (C=O) groups excluding carboxylic acids is 2. The van der Waals surface area contributed by atoms with Crippen molar-refractivity contribution in [1.82, 2.24) is 20.0 Å². The van der Waals surface area contributed by atoms with Crippen LogP contribution < -0.4 is 21.7 Å². The van der Waals surface area contributed by atoms with Gasteiger partial charge >= 0.3 is 0 Å². The first-order chi connectivity index (χ1) is 16.5. The van der Waals surface area contributed by atoms with E-state index in [0.717, 1.165) is 30.8 Å². The molecule has 1 fully saturated rings. The van der Waals surface area contributed by atoms with Crippen molar-refractivity contribution in [3.05, 3.63) is 53.2 Å². The van der Waals surface area contributed by atoms with E-state index in [0.29, 0.717) is 41.6 Å². The van der Waals surface area contributed by atoms with Crippen LogP contribution in [0.4, 0.5) is 5.82 Å². The summed E-state index contributed by atoms with van der Waals surface area (Å²) in [5.41, 5.74) is 7.84. The smallest absolute Gasteiger partial charge is 0.255 e. The molecular weight excluding hydrogens is 456 g/mol. The Hall–Kier alpha value is -3.14. The minimum Gasteiger partial charge on any atom is -0.376 e. The van der Waals surface area contributed by atoms with Crippen LogP contribution in [0.1, 0.15) is 30.1 Å². The zero-order valence-corrected chi connectivity index (χ0v) is 19.8. The molecule has 0 spiro atoms. The fraction of sp³-hybridized carbons (Fsp3) is 0.375. The Kier molecular flexibility index (Phi) is 7.66. The van der Waals surface area contributed by atoms with Crippen molar-refractivity contribution in [2.24, 2.45) is 5.73 Å². The quantitative estimate of drug-likeness (QED) is 0.370. The molecule has 5 N–H and O–H groups in total. The number of benzene rings is 1. The number of hydrogen-bond donors (Lipinski definition) is 4. The largest absolute Gasteiger partial charge is 0.376 e. The summed E-state index contributed by atoms with van der Waals surface area (Å²) in [6.07, 6.45) is 4.03. The highest BCUT2D eigenvalue weighted by molar-refractivity contribution is 6.30. The zero-order valence-electron chi connectivity index (χ0n) is 19.0. The number of fused-ring (bicyclic) bond motifs is 1. The number of imidazole rings is 1. The van der Waals surface area contributed by atoms with Crippen molar-refractivity contribution >= 4 is 34.9 Å². The van der Waals surface area contributed by atoms with Crippen molar-refractivity contribution in [3.8, 4) is 11.3 Å². The van der Waals surface area contributed by atoms with Gasteiger partial charge in [0, 0.05) is 43.0 Å². The van der Waals surface area contributed by atoms with Crippen molar-refractivity contribution in [1.29, 1.82) is 0 Å². The third-order valence-electron chi connectivity index (χ3n) is 5.72. The van der Waals surface area contributed by atoms with Crippen LogP contribution in [-0.2, 0) is 9.53 Å². The molecule has 0 saturated carbocycles. The van der Waals surface area contributed by atoms with Gasteiger partial charge in [-0.15, -0.1) is 0 Å². The molecule has 2 atom stereocenters.